The molecule has 5 unspecified atom stereocenters. The van der Waals surface area contributed by atoms with Crippen molar-refractivity contribution in [3.05, 3.63) is 0 Å². The van der Waals surface area contributed by atoms with Gasteiger partial charge in [0.25, 0.3) is 0 Å². The number of nitrogens with zero attached hydrogens (tertiary/aromatic N) is 1. The second-order valence-electron chi connectivity index (χ2n) is 6.17. The molecule has 0 amide bonds. The summed E-state index contributed by atoms with van der Waals surface area (Å²) in [4.78, 5) is 13.6. The van der Waals surface area contributed by atoms with Gasteiger partial charge in [-0.25, -0.2) is 0 Å². The maximum atomic E-state index is 11.2. The quantitative estimate of drug-likeness (QED) is 0.805. The van der Waals surface area contributed by atoms with E-state index in [0.717, 1.165) is 24.8 Å². The van der Waals surface area contributed by atoms with Crippen molar-refractivity contribution in [3.8, 4) is 0 Å². The molecule has 5 atom stereocenters. The summed E-state index contributed by atoms with van der Waals surface area (Å²) >= 11 is 0. The molecule has 0 spiro atoms. The molecule has 1 N–H and O–H groups in total. The molecular formula is C14H25NO2. The van der Waals surface area contributed by atoms with E-state index in [2.05, 4.69) is 25.7 Å². The Hall–Kier alpha value is -0.570. The van der Waals surface area contributed by atoms with Gasteiger partial charge in [-0.1, -0.05) is 20.3 Å². The van der Waals surface area contributed by atoms with Crippen molar-refractivity contribution in [1.29, 1.82) is 0 Å². The first-order valence-electron chi connectivity index (χ1n) is 6.99. The fourth-order valence-electron chi connectivity index (χ4n) is 3.73. The van der Waals surface area contributed by atoms with Crippen LogP contribution in [0.25, 0.3) is 0 Å². The fraction of sp³-hybridized carbons (Fsp3) is 0.929. The number of carboxylic acid groups (broad SMARTS) is 1. The number of carbonyl (C=O) groups is 1. The van der Waals surface area contributed by atoms with Crippen molar-refractivity contribution in [3.63, 3.8) is 0 Å². The molecule has 1 saturated carbocycles. The van der Waals surface area contributed by atoms with Gasteiger partial charge in [-0.3, -0.25) is 9.69 Å². The Kier molecular flexibility index (Phi) is 3.76. The van der Waals surface area contributed by atoms with Gasteiger partial charge in [0, 0.05) is 12.1 Å². The predicted octanol–water partition coefficient (Wildman–Crippen LogP) is 2.61. The number of aliphatic carboxylic acids is 1. The van der Waals surface area contributed by atoms with Crippen LogP contribution < -0.4 is 0 Å². The highest BCUT2D eigenvalue weighted by Gasteiger charge is 2.41. The molecule has 0 aromatic carbocycles. The zero-order chi connectivity index (χ0) is 12.6. The lowest BCUT2D eigenvalue weighted by Gasteiger charge is -2.41. The average molecular weight is 239 g/mol. The lowest BCUT2D eigenvalue weighted by atomic mass is 9.79. The number of hydrogen-bond donors (Lipinski definition) is 1. The molecule has 0 bridgehead atoms. The normalized spacial score (nSPS) is 43.8. The fourth-order valence-corrected chi connectivity index (χ4v) is 3.73. The van der Waals surface area contributed by atoms with Crippen LogP contribution in [0.2, 0.25) is 0 Å². The molecule has 0 aromatic heterocycles. The lowest BCUT2D eigenvalue weighted by Crippen LogP contribution is -2.46. The number of rotatable bonds is 2. The van der Waals surface area contributed by atoms with Gasteiger partial charge in [0.15, 0.2) is 0 Å². The van der Waals surface area contributed by atoms with Gasteiger partial charge in [0.2, 0.25) is 0 Å². The van der Waals surface area contributed by atoms with Crippen LogP contribution in [0.4, 0.5) is 0 Å². The summed E-state index contributed by atoms with van der Waals surface area (Å²) in [6.45, 7) is 7.73. The second kappa shape index (κ2) is 4.97. The van der Waals surface area contributed by atoms with E-state index in [0.29, 0.717) is 6.04 Å². The van der Waals surface area contributed by atoms with Crippen molar-refractivity contribution in [2.45, 2.75) is 58.5 Å². The smallest absolute Gasteiger partial charge is 0.308 e. The zero-order valence-corrected chi connectivity index (χ0v) is 11.2. The molecule has 2 rings (SSSR count). The standard InChI is InChI=1S/C14H25NO2/c1-9-4-5-10(2)13(8-9)15-7-6-12(11(15)3)14(16)17/h9-13H,4-8H2,1-3H3,(H,16,17). The first kappa shape index (κ1) is 12.9. The Morgan fingerprint density at radius 3 is 2.47 bits per heavy atom. The molecular weight excluding hydrogens is 214 g/mol. The van der Waals surface area contributed by atoms with Gasteiger partial charge in [-0.2, -0.15) is 0 Å². The molecule has 3 heteroatoms. The van der Waals surface area contributed by atoms with Gasteiger partial charge in [-0.05, 0) is 44.6 Å². The number of carboxylic acids is 1. The summed E-state index contributed by atoms with van der Waals surface area (Å²) in [6.07, 6.45) is 4.71. The summed E-state index contributed by atoms with van der Waals surface area (Å²) in [5, 5.41) is 9.19. The molecule has 2 aliphatic rings. The minimum absolute atomic E-state index is 0.153. The Labute approximate surface area is 104 Å². The van der Waals surface area contributed by atoms with Crippen molar-refractivity contribution >= 4 is 5.97 Å². The largest absolute Gasteiger partial charge is 0.481 e. The molecule has 0 aromatic rings. The maximum Gasteiger partial charge on any atom is 0.308 e. The van der Waals surface area contributed by atoms with Gasteiger partial charge in [0.05, 0.1) is 5.92 Å². The van der Waals surface area contributed by atoms with Crippen LogP contribution in [-0.2, 0) is 4.79 Å². The summed E-state index contributed by atoms with van der Waals surface area (Å²) in [6, 6.07) is 0.823. The third-order valence-corrected chi connectivity index (χ3v) is 4.96. The first-order valence-corrected chi connectivity index (χ1v) is 6.99. The van der Waals surface area contributed by atoms with Crippen LogP contribution in [-0.4, -0.2) is 34.6 Å². The zero-order valence-electron chi connectivity index (χ0n) is 11.2. The maximum absolute atomic E-state index is 11.2. The molecule has 17 heavy (non-hydrogen) atoms. The van der Waals surface area contributed by atoms with Crippen LogP contribution in [0.3, 0.4) is 0 Å². The molecule has 3 nitrogen and oxygen atoms in total. The summed E-state index contributed by atoms with van der Waals surface area (Å²) in [7, 11) is 0. The summed E-state index contributed by atoms with van der Waals surface area (Å²) in [5.41, 5.74) is 0. The van der Waals surface area contributed by atoms with Crippen LogP contribution in [0.5, 0.6) is 0 Å². The minimum Gasteiger partial charge on any atom is -0.481 e. The second-order valence-corrected chi connectivity index (χ2v) is 6.17. The molecule has 1 heterocycles. The third-order valence-electron chi connectivity index (χ3n) is 4.96. The third kappa shape index (κ3) is 2.49. The molecule has 2 fully saturated rings. The van der Waals surface area contributed by atoms with Crippen LogP contribution in [0.15, 0.2) is 0 Å². The van der Waals surface area contributed by atoms with E-state index in [9.17, 15) is 9.90 Å². The summed E-state index contributed by atoms with van der Waals surface area (Å²) < 4.78 is 0. The van der Waals surface area contributed by atoms with E-state index in [1.807, 2.05) is 0 Å². The molecule has 98 valence electrons. The van der Waals surface area contributed by atoms with Crippen molar-refractivity contribution in [2.75, 3.05) is 6.54 Å². The number of hydrogen-bond acceptors (Lipinski definition) is 2. The van der Waals surface area contributed by atoms with Gasteiger partial charge in [-0.15, -0.1) is 0 Å². The van der Waals surface area contributed by atoms with E-state index < -0.39 is 5.97 Å². The minimum atomic E-state index is -0.614. The predicted molar refractivity (Wildman–Crippen MR) is 67.9 cm³/mol. The van der Waals surface area contributed by atoms with Crippen molar-refractivity contribution in [2.24, 2.45) is 17.8 Å². The van der Waals surface area contributed by atoms with E-state index in [1.165, 1.54) is 19.3 Å². The van der Waals surface area contributed by atoms with Crippen LogP contribution in [0.1, 0.15) is 46.5 Å². The highest BCUT2D eigenvalue weighted by molar-refractivity contribution is 5.71. The van der Waals surface area contributed by atoms with Gasteiger partial charge >= 0.3 is 5.97 Å². The Bertz CT molecular complexity index is 292. The molecule has 1 aliphatic carbocycles. The monoisotopic (exact) mass is 239 g/mol. The molecule has 1 saturated heterocycles. The highest BCUT2D eigenvalue weighted by Crippen LogP contribution is 2.37. The van der Waals surface area contributed by atoms with Crippen molar-refractivity contribution in [1.82, 2.24) is 4.90 Å². The van der Waals surface area contributed by atoms with E-state index in [4.69, 9.17) is 0 Å². The van der Waals surface area contributed by atoms with Crippen molar-refractivity contribution < 1.29 is 9.90 Å². The van der Waals surface area contributed by atoms with E-state index in [1.54, 1.807) is 0 Å². The first-order chi connectivity index (χ1) is 8.00. The van der Waals surface area contributed by atoms with E-state index >= 15 is 0 Å². The van der Waals surface area contributed by atoms with Crippen LogP contribution in [0, 0.1) is 17.8 Å². The molecule has 0 radical (unpaired) electrons. The topological polar surface area (TPSA) is 40.5 Å². The SMILES string of the molecule is CC1CCC(C)C(N2CCC(C(=O)O)C2C)C1. The van der Waals surface area contributed by atoms with Gasteiger partial charge in [0.1, 0.15) is 0 Å². The molecule has 1 aliphatic heterocycles. The highest BCUT2D eigenvalue weighted by atomic mass is 16.4. The lowest BCUT2D eigenvalue weighted by molar-refractivity contribution is -0.142. The average Bonchev–Trinajstić information content (AvgIpc) is 2.64. The van der Waals surface area contributed by atoms with Crippen LogP contribution >= 0.6 is 0 Å². The Balaban J connectivity index is 2.05. The Morgan fingerprint density at radius 1 is 1.18 bits per heavy atom. The Morgan fingerprint density at radius 2 is 1.88 bits per heavy atom. The van der Waals surface area contributed by atoms with Gasteiger partial charge < -0.3 is 5.11 Å². The van der Waals surface area contributed by atoms with E-state index in [-0.39, 0.29) is 12.0 Å². The number of likely N-dealkylation sites (tertiary alicyclic amines) is 1. The summed E-state index contributed by atoms with van der Waals surface area (Å²) in [5.74, 6) is 0.754.